The van der Waals surface area contributed by atoms with E-state index in [4.69, 9.17) is 0 Å². The number of aryl methyl sites for hydroxylation is 1. The van der Waals surface area contributed by atoms with Crippen molar-refractivity contribution in [1.82, 2.24) is 25.0 Å². The summed E-state index contributed by atoms with van der Waals surface area (Å²) >= 11 is 0. The predicted octanol–water partition coefficient (Wildman–Crippen LogP) is 2.82. The number of fused-ring (bicyclic) bond motifs is 1. The van der Waals surface area contributed by atoms with Crippen molar-refractivity contribution < 1.29 is 9.18 Å². The van der Waals surface area contributed by atoms with E-state index in [1.54, 1.807) is 43.7 Å². The highest BCUT2D eigenvalue weighted by Gasteiger charge is 2.12. The maximum absolute atomic E-state index is 14.0. The van der Waals surface area contributed by atoms with Crippen LogP contribution in [-0.4, -0.2) is 30.9 Å². The molecule has 2 aromatic heterocycles. The molecule has 2 heterocycles. The van der Waals surface area contributed by atoms with Gasteiger partial charge < -0.3 is 5.32 Å². The molecule has 2 aromatic carbocycles. The van der Waals surface area contributed by atoms with Crippen molar-refractivity contribution in [2.75, 3.05) is 5.32 Å². The van der Waals surface area contributed by atoms with Crippen molar-refractivity contribution in [3.63, 3.8) is 0 Å². The number of halogens is 1. The first-order valence-electron chi connectivity index (χ1n) is 7.77. The molecule has 0 saturated carbocycles. The molecule has 128 valence electrons. The van der Waals surface area contributed by atoms with Gasteiger partial charge in [-0.05, 0) is 42.0 Å². The van der Waals surface area contributed by atoms with Gasteiger partial charge in [-0.25, -0.2) is 14.4 Å². The highest BCUT2D eigenvalue weighted by molar-refractivity contribution is 6.05. The maximum atomic E-state index is 14.0. The molecular weight excluding hydrogens is 335 g/mol. The number of nitrogens with one attached hydrogen (secondary N) is 1. The molecule has 26 heavy (non-hydrogen) atoms. The fourth-order valence-corrected chi connectivity index (χ4v) is 2.64. The average molecular weight is 348 g/mol. The summed E-state index contributed by atoms with van der Waals surface area (Å²) in [7, 11) is 1.72. The Kier molecular flexibility index (Phi) is 3.85. The first-order chi connectivity index (χ1) is 12.6. The van der Waals surface area contributed by atoms with Crippen LogP contribution in [0.3, 0.4) is 0 Å². The molecule has 0 unspecified atom stereocenters. The summed E-state index contributed by atoms with van der Waals surface area (Å²) in [5.41, 5.74) is 3.29. The first-order valence-corrected chi connectivity index (χ1v) is 7.77. The fraction of sp³-hybridized carbons (Fsp3) is 0.0556. The van der Waals surface area contributed by atoms with E-state index in [0.29, 0.717) is 22.3 Å². The van der Waals surface area contributed by atoms with Gasteiger partial charge in [-0.3, -0.25) is 4.79 Å². The molecule has 7 nitrogen and oxygen atoms in total. The van der Waals surface area contributed by atoms with Gasteiger partial charge in [0.2, 0.25) is 0 Å². The molecule has 1 amide bonds. The molecule has 1 N–H and O–H groups in total. The van der Waals surface area contributed by atoms with Crippen LogP contribution in [0.1, 0.15) is 10.4 Å². The van der Waals surface area contributed by atoms with Crippen molar-refractivity contribution in [2.24, 2.45) is 7.05 Å². The third kappa shape index (κ3) is 3.12. The minimum atomic E-state index is -0.513. The summed E-state index contributed by atoms with van der Waals surface area (Å²) in [6.45, 7) is 0. The lowest BCUT2D eigenvalue weighted by Gasteiger charge is -2.08. The number of aromatic nitrogens is 5. The van der Waals surface area contributed by atoms with Crippen molar-refractivity contribution in [2.45, 2.75) is 0 Å². The predicted molar refractivity (Wildman–Crippen MR) is 93.9 cm³/mol. The standard InChI is InChI=1S/C18H13FN6O/c1-25-23-16-3-2-15(7-17(16)24-25)22-18(26)12-4-11(5-14(19)6-12)13-8-20-10-21-9-13/h2-10H,1H3,(H,22,26). The second kappa shape index (κ2) is 6.32. The summed E-state index contributed by atoms with van der Waals surface area (Å²) in [4.78, 5) is 21.8. The van der Waals surface area contributed by atoms with E-state index in [-0.39, 0.29) is 5.56 Å². The van der Waals surface area contributed by atoms with Crippen LogP contribution in [0, 0.1) is 5.82 Å². The zero-order valence-corrected chi connectivity index (χ0v) is 13.7. The number of anilines is 1. The summed E-state index contributed by atoms with van der Waals surface area (Å²) in [6.07, 6.45) is 4.51. The number of amides is 1. The molecular formula is C18H13FN6O. The van der Waals surface area contributed by atoms with Crippen LogP contribution >= 0.6 is 0 Å². The Balaban J connectivity index is 1.64. The van der Waals surface area contributed by atoms with Gasteiger partial charge in [0.25, 0.3) is 5.91 Å². The summed E-state index contributed by atoms with van der Waals surface area (Å²) in [5.74, 6) is -0.938. The lowest BCUT2D eigenvalue weighted by Crippen LogP contribution is -2.12. The number of benzene rings is 2. The van der Waals surface area contributed by atoms with Crippen molar-refractivity contribution in [1.29, 1.82) is 0 Å². The highest BCUT2D eigenvalue weighted by atomic mass is 19.1. The Hall–Kier alpha value is -3.68. The Morgan fingerprint density at radius 3 is 2.58 bits per heavy atom. The topological polar surface area (TPSA) is 85.6 Å². The summed E-state index contributed by atoms with van der Waals surface area (Å²) < 4.78 is 14.0. The van der Waals surface area contributed by atoms with Gasteiger partial charge in [-0.15, -0.1) is 0 Å². The zero-order chi connectivity index (χ0) is 18.1. The van der Waals surface area contributed by atoms with E-state index in [0.717, 1.165) is 5.52 Å². The number of hydrogen-bond donors (Lipinski definition) is 1. The molecule has 8 heteroatoms. The van der Waals surface area contributed by atoms with E-state index in [1.165, 1.54) is 23.3 Å². The van der Waals surface area contributed by atoms with E-state index < -0.39 is 11.7 Å². The molecule has 0 spiro atoms. The van der Waals surface area contributed by atoms with Gasteiger partial charge in [-0.1, -0.05) is 0 Å². The molecule has 0 aliphatic rings. The van der Waals surface area contributed by atoms with E-state index in [2.05, 4.69) is 25.5 Å². The zero-order valence-electron chi connectivity index (χ0n) is 13.7. The average Bonchev–Trinajstić information content (AvgIpc) is 3.01. The Morgan fingerprint density at radius 2 is 1.77 bits per heavy atom. The van der Waals surface area contributed by atoms with Gasteiger partial charge in [-0.2, -0.15) is 15.0 Å². The molecule has 4 rings (SSSR count). The number of carbonyl (C=O) groups is 1. The summed E-state index contributed by atoms with van der Waals surface area (Å²) in [5, 5.41) is 11.1. The minimum Gasteiger partial charge on any atom is -0.322 e. The molecule has 0 fully saturated rings. The molecule has 0 aliphatic carbocycles. The van der Waals surface area contributed by atoms with Crippen LogP contribution in [0.15, 0.2) is 55.1 Å². The van der Waals surface area contributed by atoms with Gasteiger partial charge in [0.05, 0.1) is 0 Å². The maximum Gasteiger partial charge on any atom is 0.255 e. The minimum absolute atomic E-state index is 0.197. The van der Waals surface area contributed by atoms with Crippen LogP contribution in [0.5, 0.6) is 0 Å². The molecule has 0 atom stereocenters. The quantitative estimate of drug-likeness (QED) is 0.615. The van der Waals surface area contributed by atoms with Crippen molar-refractivity contribution in [3.05, 3.63) is 66.5 Å². The molecule has 0 saturated heterocycles. The van der Waals surface area contributed by atoms with E-state index in [9.17, 15) is 9.18 Å². The second-order valence-corrected chi connectivity index (χ2v) is 5.70. The normalized spacial score (nSPS) is 10.8. The number of hydrogen-bond acceptors (Lipinski definition) is 5. The molecule has 0 aliphatic heterocycles. The monoisotopic (exact) mass is 348 g/mol. The largest absolute Gasteiger partial charge is 0.322 e. The smallest absolute Gasteiger partial charge is 0.255 e. The Bertz CT molecular complexity index is 1110. The number of nitrogens with zero attached hydrogens (tertiary/aromatic N) is 5. The summed E-state index contributed by atoms with van der Waals surface area (Å²) in [6, 6.07) is 9.31. The van der Waals surface area contributed by atoms with Gasteiger partial charge in [0.15, 0.2) is 0 Å². The third-order valence-corrected chi connectivity index (χ3v) is 3.79. The van der Waals surface area contributed by atoms with Crippen molar-refractivity contribution in [3.8, 4) is 11.1 Å². The SMILES string of the molecule is Cn1nc2ccc(NC(=O)c3cc(F)cc(-c4cncnc4)c3)cc2n1. The van der Waals surface area contributed by atoms with Gasteiger partial charge in [0, 0.05) is 36.3 Å². The molecule has 0 radical (unpaired) electrons. The lowest BCUT2D eigenvalue weighted by atomic mass is 10.0. The van der Waals surface area contributed by atoms with Crippen LogP contribution < -0.4 is 5.32 Å². The molecule has 0 bridgehead atoms. The fourth-order valence-electron chi connectivity index (χ4n) is 2.64. The first kappa shape index (κ1) is 15.8. The number of rotatable bonds is 3. The lowest BCUT2D eigenvalue weighted by molar-refractivity contribution is 0.102. The highest BCUT2D eigenvalue weighted by Crippen LogP contribution is 2.22. The van der Waals surface area contributed by atoms with Crippen LogP contribution in [0.4, 0.5) is 10.1 Å². The third-order valence-electron chi connectivity index (χ3n) is 3.79. The van der Waals surface area contributed by atoms with Gasteiger partial charge >= 0.3 is 0 Å². The van der Waals surface area contributed by atoms with Crippen LogP contribution in [0.2, 0.25) is 0 Å². The van der Waals surface area contributed by atoms with Crippen LogP contribution in [0.25, 0.3) is 22.2 Å². The Morgan fingerprint density at radius 1 is 1.00 bits per heavy atom. The van der Waals surface area contributed by atoms with Crippen molar-refractivity contribution >= 4 is 22.6 Å². The molecule has 4 aromatic rings. The van der Waals surface area contributed by atoms with E-state index >= 15 is 0 Å². The number of carbonyl (C=O) groups excluding carboxylic acids is 1. The second-order valence-electron chi connectivity index (χ2n) is 5.70. The van der Waals surface area contributed by atoms with E-state index in [1.807, 2.05) is 0 Å². The van der Waals surface area contributed by atoms with Crippen LogP contribution in [-0.2, 0) is 7.05 Å². The Labute approximate surface area is 147 Å². The van der Waals surface area contributed by atoms with Gasteiger partial charge in [0.1, 0.15) is 23.2 Å².